The largest absolute Gasteiger partial charge is 0.353 e. The van der Waals surface area contributed by atoms with Crippen molar-refractivity contribution in [3.05, 3.63) is 51.8 Å². The number of hydrogen-bond donors (Lipinski definition) is 1. The van der Waals surface area contributed by atoms with E-state index in [4.69, 9.17) is 11.6 Å². The number of piperazine rings is 1. The van der Waals surface area contributed by atoms with Crippen LogP contribution < -0.4 is 5.32 Å². The number of nitrogens with one attached hydrogen (secondary N) is 1. The molecular formula is C17H21ClN4O. The molecule has 1 aromatic heterocycles. The molecule has 5 nitrogen and oxygen atoms in total. The van der Waals surface area contributed by atoms with Gasteiger partial charge in [-0.15, -0.1) is 0 Å². The minimum absolute atomic E-state index is 0.0388. The van der Waals surface area contributed by atoms with E-state index in [1.807, 2.05) is 39.1 Å². The summed E-state index contributed by atoms with van der Waals surface area (Å²) in [5.41, 5.74) is 3.92. The first-order valence-corrected chi connectivity index (χ1v) is 8.11. The van der Waals surface area contributed by atoms with Crippen molar-refractivity contribution in [1.29, 1.82) is 0 Å². The zero-order valence-electron chi connectivity index (χ0n) is 13.6. The zero-order valence-corrected chi connectivity index (χ0v) is 14.4. The number of benzene rings is 1. The van der Waals surface area contributed by atoms with E-state index in [0.717, 1.165) is 29.1 Å². The third-order valence-electron chi connectivity index (χ3n) is 4.28. The summed E-state index contributed by atoms with van der Waals surface area (Å²) in [6.45, 7) is 5.96. The van der Waals surface area contributed by atoms with E-state index in [-0.39, 0.29) is 11.9 Å². The second-order valence-electron chi connectivity index (χ2n) is 6.05. The third kappa shape index (κ3) is 3.12. The van der Waals surface area contributed by atoms with Gasteiger partial charge in [-0.3, -0.25) is 14.4 Å². The lowest BCUT2D eigenvalue weighted by Crippen LogP contribution is -2.49. The molecule has 23 heavy (non-hydrogen) atoms. The third-order valence-corrected chi connectivity index (χ3v) is 4.78. The average Bonchev–Trinajstić information content (AvgIpc) is 2.74. The van der Waals surface area contributed by atoms with E-state index in [0.29, 0.717) is 18.1 Å². The Bertz CT molecular complexity index is 740. The zero-order chi connectivity index (χ0) is 16.6. The Labute approximate surface area is 141 Å². The molecule has 3 rings (SSSR count). The maximum atomic E-state index is 12.5. The number of nitrogens with zero attached hydrogens (tertiary/aromatic N) is 3. The topological polar surface area (TPSA) is 50.2 Å². The van der Waals surface area contributed by atoms with Gasteiger partial charge >= 0.3 is 0 Å². The molecule has 1 unspecified atom stereocenters. The Kier molecular flexibility index (Phi) is 4.41. The lowest BCUT2D eigenvalue weighted by molar-refractivity contribution is -0.129. The summed E-state index contributed by atoms with van der Waals surface area (Å²) in [4.78, 5) is 14.6. The number of aromatic nitrogens is 2. The van der Waals surface area contributed by atoms with Gasteiger partial charge in [-0.25, -0.2) is 0 Å². The smallest absolute Gasteiger partial charge is 0.242 e. The van der Waals surface area contributed by atoms with Gasteiger partial charge in [-0.2, -0.15) is 5.10 Å². The molecule has 0 bridgehead atoms. The molecule has 1 N–H and O–H groups in total. The monoisotopic (exact) mass is 332 g/mol. The molecule has 2 aromatic rings. The molecule has 1 atom stereocenters. The van der Waals surface area contributed by atoms with Crippen LogP contribution in [-0.2, 0) is 18.4 Å². The fourth-order valence-corrected chi connectivity index (χ4v) is 3.35. The van der Waals surface area contributed by atoms with Crippen LogP contribution in [0.15, 0.2) is 24.3 Å². The standard InChI is InChI=1S/C17H21ClN4O/c1-11-5-4-6-13(9-11)16-17(23)19-7-8-22(16)10-14-15(18)12(2)20-21(14)3/h4-6,9,16H,7-8,10H2,1-3H3,(H,19,23). The van der Waals surface area contributed by atoms with Gasteiger partial charge in [-0.1, -0.05) is 41.4 Å². The number of carbonyl (C=O) groups excluding carboxylic acids is 1. The Hall–Kier alpha value is -1.85. The molecule has 0 aliphatic carbocycles. The van der Waals surface area contributed by atoms with E-state index in [9.17, 15) is 4.79 Å². The van der Waals surface area contributed by atoms with Gasteiger partial charge in [-0.05, 0) is 19.4 Å². The normalized spacial score (nSPS) is 19.0. The summed E-state index contributed by atoms with van der Waals surface area (Å²) in [6, 6.07) is 7.81. The highest BCUT2D eigenvalue weighted by atomic mass is 35.5. The molecule has 6 heteroatoms. The second-order valence-corrected chi connectivity index (χ2v) is 6.43. The van der Waals surface area contributed by atoms with Gasteiger partial charge in [0, 0.05) is 26.7 Å². The predicted octanol–water partition coefficient (Wildman–Crippen LogP) is 2.36. The van der Waals surface area contributed by atoms with Gasteiger partial charge in [0.25, 0.3) is 0 Å². The van der Waals surface area contributed by atoms with E-state index in [1.165, 1.54) is 0 Å². The molecule has 1 saturated heterocycles. The molecule has 1 aliphatic rings. The summed E-state index contributed by atoms with van der Waals surface area (Å²) in [7, 11) is 1.89. The van der Waals surface area contributed by atoms with Crippen molar-refractivity contribution in [3.63, 3.8) is 0 Å². The van der Waals surface area contributed by atoms with Crippen LogP contribution in [0.3, 0.4) is 0 Å². The maximum absolute atomic E-state index is 12.5. The maximum Gasteiger partial charge on any atom is 0.242 e. The molecule has 1 aromatic carbocycles. The summed E-state index contributed by atoms with van der Waals surface area (Å²) in [5, 5.41) is 8.01. The summed E-state index contributed by atoms with van der Waals surface area (Å²) < 4.78 is 1.80. The molecule has 2 heterocycles. The van der Waals surface area contributed by atoms with Crippen LogP contribution in [-0.4, -0.2) is 33.7 Å². The first kappa shape index (κ1) is 16.0. The molecule has 0 spiro atoms. The van der Waals surface area contributed by atoms with Crippen molar-refractivity contribution in [3.8, 4) is 0 Å². The SMILES string of the molecule is Cc1cccc(C2C(=O)NCCN2Cc2c(Cl)c(C)nn2C)c1. The van der Waals surface area contributed by atoms with Gasteiger partial charge < -0.3 is 5.32 Å². The van der Waals surface area contributed by atoms with Gasteiger partial charge in [0.15, 0.2) is 0 Å². The number of aryl methyl sites for hydroxylation is 3. The van der Waals surface area contributed by atoms with Crippen LogP contribution in [0.5, 0.6) is 0 Å². The summed E-state index contributed by atoms with van der Waals surface area (Å²) >= 11 is 6.38. The van der Waals surface area contributed by atoms with Crippen molar-refractivity contribution in [2.24, 2.45) is 7.05 Å². The summed E-state index contributed by atoms with van der Waals surface area (Å²) in [6.07, 6.45) is 0. The van der Waals surface area contributed by atoms with Crippen molar-refractivity contribution in [2.45, 2.75) is 26.4 Å². The van der Waals surface area contributed by atoms with Crippen LogP contribution in [0, 0.1) is 13.8 Å². The van der Waals surface area contributed by atoms with E-state index in [1.54, 1.807) is 4.68 Å². The number of rotatable bonds is 3. The van der Waals surface area contributed by atoms with E-state index >= 15 is 0 Å². The van der Waals surface area contributed by atoms with Crippen molar-refractivity contribution in [2.75, 3.05) is 13.1 Å². The Morgan fingerprint density at radius 3 is 2.83 bits per heavy atom. The molecule has 1 amide bonds. The Morgan fingerprint density at radius 2 is 2.17 bits per heavy atom. The van der Waals surface area contributed by atoms with Crippen molar-refractivity contribution >= 4 is 17.5 Å². The number of hydrogen-bond acceptors (Lipinski definition) is 3. The number of halogens is 1. The van der Waals surface area contributed by atoms with Crippen LogP contribution in [0.4, 0.5) is 0 Å². The van der Waals surface area contributed by atoms with E-state index < -0.39 is 0 Å². The van der Waals surface area contributed by atoms with Crippen LogP contribution in [0.1, 0.15) is 28.6 Å². The number of amides is 1. The van der Waals surface area contributed by atoms with Gasteiger partial charge in [0.05, 0.1) is 16.4 Å². The highest BCUT2D eigenvalue weighted by molar-refractivity contribution is 6.31. The average molecular weight is 333 g/mol. The molecule has 0 saturated carbocycles. The van der Waals surface area contributed by atoms with Crippen molar-refractivity contribution in [1.82, 2.24) is 20.0 Å². The highest BCUT2D eigenvalue weighted by Crippen LogP contribution is 2.28. The molecular weight excluding hydrogens is 312 g/mol. The van der Waals surface area contributed by atoms with Crippen LogP contribution in [0.2, 0.25) is 5.02 Å². The van der Waals surface area contributed by atoms with Crippen LogP contribution >= 0.6 is 11.6 Å². The Morgan fingerprint density at radius 1 is 1.39 bits per heavy atom. The first-order valence-electron chi connectivity index (χ1n) is 7.73. The fraction of sp³-hybridized carbons (Fsp3) is 0.412. The predicted molar refractivity (Wildman–Crippen MR) is 90.3 cm³/mol. The number of carbonyl (C=O) groups is 1. The van der Waals surface area contributed by atoms with Crippen LogP contribution in [0.25, 0.3) is 0 Å². The lowest BCUT2D eigenvalue weighted by atomic mass is 10.0. The molecule has 0 radical (unpaired) electrons. The Balaban J connectivity index is 1.93. The van der Waals surface area contributed by atoms with Gasteiger partial charge in [0.1, 0.15) is 6.04 Å². The molecule has 1 aliphatic heterocycles. The quantitative estimate of drug-likeness (QED) is 0.938. The fourth-order valence-electron chi connectivity index (χ4n) is 3.13. The van der Waals surface area contributed by atoms with Crippen molar-refractivity contribution < 1.29 is 4.79 Å². The minimum atomic E-state index is -0.296. The molecule has 1 fully saturated rings. The lowest BCUT2D eigenvalue weighted by Gasteiger charge is -2.35. The molecule has 122 valence electrons. The van der Waals surface area contributed by atoms with Gasteiger partial charge in [0.2, 0.25) is 5.91 Å². The van der Waals surface area contributed by atoms with E-state index in [2.05, 4.69) is 21.4 Å². The highest BCUT2D eigenvalue weighted by Gasteiger charge is 2.32. The summed E-state index contributed by atoms with van der Waals surface area (Å²) in [5.74, 6) is 0.0388. The second kappa shape index (κ2) is 6.34. The minimum Gasteiger partial charge on any atom is -0.353 e. The first-order chi connectivity index (χ1) is 11.0.